The first-order chi connectivity index (χ1) is 9.03. The molecule has 0 aromatic rings. The van der Waals surface area contributed by atoms with E-state index < -0.39 is 11.5 Å². The lowest BCUT2D eigenvalue weighted by Gasteiger charge is -2.30. The average molecular weight is 268 g/mol. The largest absolute Gasteiger partial charge is 0.480 e. The van der Waals surface area contributed by atoms with E-state index in [1.807, 2.05) is 6.92 Å². The zero-order valence-electron chi connectivity index (χ0n) is 11.6. The van der Waals surface area contributed by atoms with Gasteiger partial charge in [0.2, 0.25) is 0 Å². The summed E-state index contributed by atoms with van der Waals surface area (Å²) in [7, 11) is 0. The van der Waals surface area contributed by atoms with Gasteiger partial charge in [-0.3, -0.25) is 0 Å². The number of carboxylic acid groups (broad SMARTS) is 1. The molecular weight excluding hydrogens is 244 g/mol. The summed E-state index contributed by atoms with van der Waals surface area (Å²) in [6, 6.07) is -0.194. The predicted molar refractivity (Wildman–Crippen MR) is 71.9 cm³/mol. The number of hydrogen-bond acceptors (Lipinski definition) is 2. The van der Waals surface area contributed by atoms with Crippen LogP contribution in [0.15, 0.2) is 0 Å². The second-order valence-corrected chi connectivity index (χ2v) is 6.03. The Hall–Kier alpha value is -1.26. The molecule has 2 amide bonds. The third-order valence-electron chi connectivity index (χ3n) is 4.41. The number of hydrogen-bond donors (Lipinski definition) is 3. The van der Waals surface area contributed by atoms with E-state index in [0.29, 0.717) is 18.8 Å². The van der Waals surface area contributed by atoms with Crippen LogP contribution in [0.25, 0.3) is 0 Å². The molecule has 1 unspecified atom stereocenters. The van der Waals surface area contributed by atoms with Crippen molar-refractivity contribution in [3.63, 3.8) is 0 Å². The summed E-state index contributed by atoms with van der Waals surface area (Å²) in [5, 5.41) is 15.1. The Labute approximate surface area is 114 Å². The first-order valence-corrected chi connectivity index (χ1v) is 7.35. The van der Waals surface area contributed by atoms with E-state index in [4.69, 9.17) is 0 Å². The highest BCUT2D eigenvalue weighted by Gasteiger charge is 2.40. The molecule has 108 valence electrons. The molecule has 0 spiro atoms. The molecule has 0 saturated heterocycles. The maximum absolute atomic E-state index is 12.0. The molecule has 0 aromatic heterocycles. The van der Waals surface area contributed by atoms with Crippen LogP contribution >= 0.6 is 0 Å². The second kappa shape index (κ2) is 5.80. The van der Waals surface area contributed by atoms with Crippen molar-refractivity contribution in [1.29, 1.82) is 0 Å². The van der Waals surface area contributed by atoms with Gasteiger partial charge in [-0.25, -0.2) is 9.59 Å². The Morgan fingerprint density at radius 2 is 1.74 bits per heavy atom. The predicted octanol–water partition coefficient (Wildman–Crippen LogP) is 2.26. The van der Waals surface area contributed by atoms with Crippen LogP contribution in [0.3, 0.4) is 0 Å². The third kappa shape index (κ3) is 3.61. The summed E-state index contributed by atoms with van der Waals surface area (Å²) in [4.78, 5) is 23.5. The number of urea groups is 1. The highest BCUT2D eigenvalue weighted by atomic mass is 16.4. The summed E-state index contributed by atoms with van der Waals surface area (Å²) in [5.74, 6) is -0.329. The Morgan fingerprint density at radius 1 is 1.16 bits per heavy atom. The minimum absolute atomic E-state index is 0.136. The summed E-state index contributed by atoms with van der Waals surface area (Å²) in [6.07, 6.45) is 7.22. The quantitative estimate of drug-likeness (QED) is 0.684. The molecule has 1 atom stereocenters. The lowest BCUT2D eigenvalue weighted by atomic mass is 9.90. The summed E-state index contributed by atoms with van der Waals surface area (Å²) in [5.41, 5.74) is -1.07. The molecule has 0 bridgehead atoms. The number of carbonyl (C=O) groups is 2. The molecule has 2 aliphatic carbocycles. The molecule has 0 aliphatic heterocycles. The van der Waals surface area contributed by atoms with Crippen LogP contribution in [0.1, 0.15) is 58.3 Å². The molecule has 0 radical (unpaired) electrons. The number of aliphatic carboxylic acids is 1. The average Bonchev–Trinajstić information content (AvgIpc) is 3.16. The fourth-order valence-corrected chi connectivity index (χ4v) is 2.90. The minimum Gasteiger partial charge on any atom is -0.480 e. The molecule has 2 aliphatic rings. The van der Waals surface area contributed by atoms with Gasteiger partial charge < -0.3 is 15.7 Å². The molecule has 2 saturated carbocycles. The van der Waals surface area contributed by atoms with E-state index in [0.717, 1.165) is 38.5 Å². The number of nitrogens with one attached hydrogen (secondary N) is 2. The first kappa shape index (κ1) is 14.2. The molecule has 5 nitrogen and oxygen atoms in total. The number of amides is 2. The van der Waals surface area contributed by atoms with Crippen molar-refractivity contribution < 1.29 is 14.7 Å². The zero-order valence-corrected chi connectivity index (χ0v) is 11.6. The van der Waals surface area contributed by atoms with E-state index in [1.165, 1.54) is 0 Å². The van der Waals surface area contributed by atoms with Gasteiger partial charge in [0.15, 0.2) is 0 Å². The second-order valence-electron chi connectivity index (χ2n) is 6.03. The van der Waals surface area contributed by atoms with Gasteiger partial charge in [-0.05, 0) is 38.5 Å². The van der Waals surface area contributed by atoms with E-state index in [9.17, 15) is 14.7 Å². The maximum Gasteiger partial charge on any atom is 0.329 e. The van der Waals surface area contributed by atoms with Crippen molar-refractivity contribution in [2.75, 3.05) is 0 Å². The first-order valence-electron chi connectivity index (χ1n) is 7.35. The Kier molecular flexibility index (Phi) is 4.32. The van der Waals surface area contributed by atoms with Crippen LogP contribution in [0.5, 0.6) is 0 Å². The highest BCUT2D eigenvalue weighted by molar-refractivity contribution is 5.86. The normalized spacial score (nSPS) is 24.1. The van der Waals surface area contributed by atoms with Crippen molar-refractivity contribution in [1.82, 2.24) is 10.6 Å². The van der Waals surface area contributed by atoms with Crippen molar-refractivity contribution in [3.8, 4) is 0 Å². The lowest BCUT2D eigenvalue weighted by Crippen LogP contribution is -2.58. The highest BCUT2D eigenvalue weighted by Crippen LogP contribution is 2.32. The summed E-state index contributed by atoms with van der Waals surface area (Å²) in [6.45, 7) is 1.98. The molecule has 2 rings (SSSR count). The molecule has 5 heteroatoms. The zero-order chi connectivity index (χ0) is 13.9. The fourth-order valence-electron chi connectivity index (χ4n) is 2.90. The SMILES string of the molecule is CC(NC(=O)NC1(C(=O)O)CCCCCC1)C1CC1. The number of rotatable bonds is 4. The fraction of sp³-hybridized carbons (Fsp3) is 0.857. The van der Waals surface area contributed by atoms with Crippen LogP contribution in [-0.2, 0) is 4.79 Å². The maximum atomic E-state index is 12.0. The molecular formula is C14H24N2O3. The smallest absolute Gasteiger partial charge is 0.329 e. The molecule has 19 heavy (non-hydrogen) atoms. The molecule has 2 fully saturated rings. The van der Waals surface area contributed by atoms with Crippen molar-refractivity contribution in [2.24, 2.45) is 5.92 Å². The van der Waals surface area contributed by atoms with Gasteiger partial charge in [0.1, 0.15) is 5.54 Å². The summed E-state index contributed by atoms with van der Waals surface area (Å²) >= 11 is 0. The van der Waals surface area contributed by atoms with Crippen molar-refractivity contribution >= 4 is 12.0 Å². The Balaban J connectivity index is 1.94. The van der Waals surface area contributed by atoms with Gasteiger partial charge in [-0.15, -0.1) is 0 Å². The van der Waals surface area contributed by atoms with Gasteiger partial charge in [0, 0.05) is 6.04 Å². The van der Waals surface area contributed by atoms with Gasteiger partial charge in [-0.2, -0.15) is 0 Å². The monoisotopic (exact) mass is 268 g/mol. The summed E-state index contributed by atoms with van der Waals surface area (Å²) < 4.78 is 0. The molecule has 3 N–H and O–H groups in total. The van der Waals surface area contributed by atoms with E-state index >= 15 is 0 Å². The van der Waals surface area contributed by atoms with Gasteiger partial charge in [-0.1, -0.05) is 25.7 Å². The topological polar surface area (TPSA) is 78.4 Å². The number of carbonyl (C=O) groups excluding carboxylic acids is 1. The van der Waals surface area contributed by atoms with Gasteiger partial charge in [0.05, 0.1) is 0 Å². The van der Waals surface area contributed by atoms with Crippen LogP contribution in [-0.4, -0.2) is 28.7 Å². The number of carboxylic acids is 1. The molecule has 0 aromatic carbocycles. The van der Waals surface area contributed by atoms with Crippen LogP contribution in [0.2, 0.25) is 0 Å². The van der Waals surface area contributed by atoms with Crippen LogP contribution < -0.4 is 10.6 Å². The van der Waals surface area contributed by atoms with E-state index in [2.05, 4.69) is 10.6 Å². The van der Waals surface area contributed by atoms with Crippen molar-refractivity contribution in [2.45, 2.75) is 69.9 Å². The standard InChI is InChI=1S/C14H24N2O3/c1-10(11-6-7-11)15-13(19)16-14(12(17)18)8-4-2-3-5-9-14/h10-11H,2-9H2,1H3,(H,17,18)(H2,15,16,19). The van der Waals surface area contributed by atoms with Crippen LogP contribution in [0.4, 0.5) is 4.79 Å². The molecule has 0 heterocycles. The lowest BCUT2D eigenvalue weighted by molar-refractivity contribution is -0.145. The van der Waals surface area contributed by atoms with E-state index in [-0.39, 0.29) is 12.1 Å². The van der Waals surface area contributed by atoms with E-state index in [1.54, 1.807) is 0 Å². The Morgan fingerprint density at radius 3 is 2.21 bits per heavy atom. The minimum atomic E-state index is -1.07. The van der Waals surface area contributed by atoms with Gasteiger partial charge >= 0.3 is 12.0 Å². The van der Waals surface area contributed by atoms with Gasteiger partial charge in [0.25, 0.3) is 0 Å². The van der Waals surface area contributed by atoms with Crippen molar-refractivity contribution in [3.05, 3.63) is 0 Å². The third-order valence-corrected chi connectivity index (χ3v) is 4.41. The van der Waals surface area contributed by atoms with Crippen LogP contribution in [0, 0.1) is 5.92 Å². The Bertz CT molecular complexity index is 345.